The fourth-order valence-corrected chi connectivity index (χ4v) is 9.55. The van der Waals surface area contributed by atoms with Gasteiger partial charge >= 0.3 is 24.7 Å². The van der Waals surface area contributed by atoms with Crippen molar-refractivity contribution in [3.05, 3.63) is 71.4 Å². The average molecular weight is 895 g/mol. The summed E-state index contributed by atoms with van der Waals surface area (Å²) >= 11 is 3.01. The summed E-state index contributed by atoms with van der Waals surface area (Å²) in [7, 11) is -7.80. The van der Waals surface area contributed by atoms with Gasteiger partial charge in [0.2, 0.25) is 0 Å². The fraction of sp³-hybridized carbons (Fsp3) is 0.452. The van der Waals surface area contributed by atoms with Crippen LogP contribution >= 0.6 is 15.9 Å². The molecule has 2 saturated carbocycles. The van der Waals surface area contributed by atoms with Gasteiger partial charge in [0, 0.05) is 18.5 Å². The lowest BCUT2D eigenvalue weighted by Gasteiger charge is -2.35. The van der Waals surface area contributed by atoms with Crippen LogP contribution in [0, 0.1) is 17.2 Å². The Hall–Kier alpha value is -3.47. The SMILES string of the molecule is N=C(N)C(F)(F)F.O=C(CBr)C1CC(S(=O)(=O)c2cccc(C(F)(F)F)c2)C1.O=S(=O)(c1cccc(C(F)(F)F)c1)C1CC(C2=CN=C(C(F)(F)F)C2)C1. The first kappa shape index (κ1) is 44.9. The van der Waals surface area contributed by atoms with Crippen LogP contribution in [-0.4, -0.2) is 62.3 Å². The van der Waals surface area contributed by atoms with E-state index in [1.165, 1.54) is 0 Å². The highest BCUT2D eigenvalue weighted by molar-refractivity contribution is 9.09. The Bertz CT molecular complexity index is 2000. The molecule has 300 valence electrons. The van der Waals surface area contributed by atoms with E-state index >= 15 is 0 Å². The number of ketones is 1. The lowest BCUT2D eigenvalue weighted by atomic mass is 9.78. The summed E-state index contributed by atoms with van der Waals surface area (Å²) in [6, 6.07) is 7.20. The van der Waals surface area contributed by atoms with Gasteiger partial charge < -0.3 is 5.73 Å². The van der Waals surface area contributed by atoms with Crippen molar-refractivity contribution in [2.24, 2.45) is 22.6 Å². The Morgan fingerprint density at radius 3 is 1.48 bits per heavy atom. The quantitative estimate of drug-likeness (QED) is 0.124. The molecule has 5 rings (SSSR count). The molecule has 2 aliphatic carbocycles. The molecule has 2 aromatic rings. The van der Waals surface area contributed by atoms with Crippen LogP contribution < -0.4 is 5.73 Å². The van der Waals surface area contributed by atoms with E-state index in [2.05, 4.69) is 26.7 Å². The molecule has 1 aliphatic heterocycles. The van der Waals surface area contributed by atoms with Crippen molar-refractivity contribution in [3.8, 4) is 0 Å². The first-order valence-electron chi connectivity index (χ1n) is 15.1. The van der Waals surface area contributed by atoms with Gasteiger partial charge in [0.1, 0.15) is 11.5 Å². The lowest BCUT2D eigenvalue weighted by Crippen LogP contribution is -2.40. The van der Waals surface area contributed by atoms with Gasteiger partial charge in [-0.3, -0.25) is 15.2 Å². The van der Waals surface area contributed by atoms with Crippen LogP contribution in [0.4, 0.5) is 52.7 Å². The molecule has 0 unspecified atom stereocenters. The van der Waals surface area contributed by atoms with Crippen LogP contribution in [0.3, 0.4) is 0 Å². The van der Waals surface area contributed by atoms with E-state index in [0.717, 1.165) is 42.6 Å². The third-order valence-corrected chi connectivity index (χ3v) is 13.4. The number of Topliss-reactive ketones (excluding diaryl/α,β-unsaturated/α-hetero) is 1. The van der Waals surface area contributed by atoms with E-state index < -0.39 is 82.4 Å². The Morgan fingerprint density at radius 2 is 1.15 bits per heavy atom. The third kappa shape index (κ3) is 11.1. The molecule has 0 radical (unpaired) electrons. The number of halogens is 13. The number of nitrogens with two attached hydrogens (primary N) is 1. The molecule has 0 bridgehead atoms. The average Bonchev–Trinajstić information content (AvgIpc) is 3.49. The normalized spacial score (nSPS) is 21.9. The number of sulfone groups is 2. The van der Waals surface area contributed by atoms with E-state index in [0.29, 0.717) is 17.7 Å². The van der Waals surface area contributed by atoms with Crippen molar-refractivity contribution in [1.82, 2.24) is 0 Å². The van der Waals surface area contributed by atoms with Crippen molar-refractivity contribution in [2.75, 3.05) is 5.33 Å². The summed E-state index contributed by atoms with van der Waals surface area (Å²) in [4.78, 5) is 14.0. The van der Waals surface area contributed by atoms with Crippen molar-refractivity contribution in [1.29, 1.82) is 5.41 Å². The maximum absolute atomic E-state index is 12.7. The standard InChI is InChI=1S/C16H13F6NO2S.C13H12BrF3O3S.C2H3F3N2/c17-15(18,19)11-2-1-3-12(7-11)26(24,25)13-4-9(5-13)10-6-14(23-8-10)16(20,21)22;14-7-12(18)8-4-11(5-8)21(19,20)10-3-1-2-9(6-10)13(15,16)17;3-2(4,5)1(6)7/h1-3,7-9,13H,4-6H2;1-3,6,8,11H,4-5,7H2;(H3,6,7). The molecule has 0 saturated heterocycles. The second-order valence-electron chi connectivity index (χ2n) is 12.2. The highest BCUT2D eigenvalue weighted by Crippen LogP contribution is 2.44. The van der Waals surface area contributed by atoms with Crippen LogP contribution in [0.25, 0.3) is 0 Å². The molecule has 0 aromatic heterocycles. The molecule has 0 atom stereocenters. The van der Waals surface area contributed by atoms with Crippen molar-refractivity contribution < 1.29 is 74.3 Å². The van der Waals surface area contributed by atoms with Gasteiger partial charge in [-0.25, -0.2) is 16.8 Å². The molecular weight excluding hydrogens is 866 g/mol. The van der Waals surface area contributed by atoms with Crippen molar-refractivity contribution in [3.63, 3.8) is 0 Å². The van der Waals surface area contributed by atoms with E-state index in [-0.39, 0.29) is 59.9 Å². The maximum Gasteiger partial charge on any atom is 0.448 e. The number of aliphatic imine (C=N–C) groups is 1. The molecule has 8 nitrogen and oxygen atoms in total. The number of alkyl halides is 13. The summed E-state index contributed by atoms with van der Waals surface area (Å²) in [5.41, 5.74) is 1.47. The zero-order valence-electron chi connectivity index (χ0n) is 27.0. The van der Waals surface area contributed by atoms with Crippen LogP contribution in [0.2, 0.25) is 0 Å². The van der Waals surface area contributed by atoms with E-state index in [1.54, 1.807) is 0 Å². The van der Waals surface area contributed by atoms with E-state index in [4.69, 9.17) is 5.41 Å². The summed E-state index contributed by atoms with van der Waals surface area (Å²) in [6.07, 6.45) is -17.2. The van der Waals surface area contributed by atoms with Crippen LogP contribution in [-0.2, 0) is 36.8 Å². The minimum Gasteiger partial charge on any atom is -0.380 e. The number of carbonyl (C=O) groups is 1. The Balaban J connectivity index is 0.000000251. The molecule has 54 heavy (non-hydrogen) atoms. The summed E-state index contributed by atoms with van der Waals surface area (Å²) in [5, 5.41) is 4.27. The number of hydrogen-bond acceptors (Lipinski definition) is 7. The molecule has 2 fully saturated rings. The molecule has 23 heteroatoms. The zero-order chi connectivity index (χ0) is 41.2. The minimum atomic E-state index is -4.66. The van der Waals surface area contributed by atoms with Crippen molar-refractivity contribution in [2.45, 2.75) is 77.1 Å². The largest absolute Gasteiger partial charge is 0.448 e. The van der Waals surface area contributed by atoms with Gasteiger partial charge in [0.15, 0.2) is 25.5 Å². The monoisotopic (exact) mass is 893 g/mol. The summed E-state index contributed by atoms with van der Waals surface area (Å²) in [6.45, 7) is 0. The molecule has 3 N–H and O–H groups in total. The second kappa shape index (κ2) is 16.3. The molecule has 0 spiro atoms. The Labute approximate surface area is 308 Å². The smallest absolute Gasteiger partial charge is 0.380 e. The number of nitrogens with one attached hydrogen (secondary N) is 1. The lowest BCUT2D eigenvalue weighted by molar-refractivity contribution is -0.138. The van der Waals surface area contributed by atoms with Gasteiger partial charge in [0.05, 0.1) is 36.7 Å². The molecule has 1 heterocycles. The summed E-state index contributed by atoms with van der Waals surface area (Å²) in [5.74, 6) is -2.52. The van der Waals surface area contributed by atoms with Crippen LogP contribution in [0.15, 0.2) is 75.1 Å². The van der Waals surface area contributed by atoms with Gasteiger partial charge in [-0.05, 0) is 73.6 Å². The predicted molar refractivity (Wildman–Crippen MR) is 173 cm³/mol. The molecule has 3 aliphatic rings. The summed E-state index contributed by atoms with van der Waals surface area (Å²) < 4.78 is 196. The highest BCUT2D eigenvalue weighted by atomic mass is 79.9. The molecular formula is C31H28BrF12N3O5S2. The number of rotatable bonds is 7. The number of amidine groups is 1. The van der Waals surface area contributed by atoms with Crippen molar-refractivity contribution >= 4 is 52.9 Å². The minimum absolute atomic E-state index is 0.0745. The first-order valence-corrected chi connectivity index (χ1v) is 19.4. The van der Waals surface area contributed by atoms with Gasteiger partial charge in [-0.15, -0.1) is 0 Å². The second-order valence-corrected chi connectivity index (χ2v) is 17.2. The predicted octanol–water partition coefficient (Wildman–Crippen LogP) is 8.25. The van der Waals surface area contributed by atoms with Gasteiger partial charge in [0.25, 0.3) is 0 Å². The van der Waals surface area contributed by atoms with Gasteiger partial charge in [-0.1, -0.05) is 28.1 Å². The topological polar surface area (TPSA) is 148 Å². The first-order chi connectivity index (χ1) is 24.5. The maximum atomic E-state index is 12.7. The zero-order valence-corrected chi connectivity index (χ0v) is 30.3. The molecule has 2 aromatic carbocycles. The number of benzene rings is 2. The number of allylic oxidation sites excluding steroid dienone is 1. The fourth-order valence-electron chi connectivity index (χ4n) is 5.27. The molecule has 0 amide bonds. The highest BCUT2D eigenvalue weighted by Gasteiger charge is 2.46. The number of carbonyl (C=O) groups excluding carboxylic acids is 1. The third-order valence-electron chi connectivity index (χ3n) is 8.55. The van der Waals surface area contributed by atoms with Crippen LogP contribution in [0.1, 0.15) is 43.2 Å². The number of hydrogen-bond donors (Lipinski definition) is 2. The van der Waals surface area contributed by atoms with Gasteiger partial charge in [-0.2, -0.15) is 52.7 Å². The van der Waals surface area contributed by atoms with Crippen LogP contribution in [0.5, 0.6) is 0 Å². The Morgan fingerprint density at radius 1 is 0.741 bits per heavy atom. The number of nitrogens with zero attached hydrogens (tertiary/aromatic N) is 1. The van der Waals surface area contributed by atoms with E-state index in [1.807, 2.05) is 0 Å². The Kier molecular flexibility index (Phi) is 13.6. The van der Waals surface area contributed by atoms with E-state index in [9.17, 15) is 74.3 Å².